The Hall–Kier alpha value is -0.380. The van der Waals surface area contributed by atoms with Crippen LogP contribution in [0.4, 0.5) is 8.78 Å². The molecule has 0 N–H and O–H groups in total. The first-order valence-electron chi connectivity index (χ1n) is 5.16. The van der Waals surface area contributed by atoms with Crippen molar-refractivity contribution in [3.63, 3.8) is 0 Å². The summed E-state index contributed by atoms with van der Waals surface area (Å²) in [4.78, 5) is 13.0. The molecule has 1 fully saturated rings. The molecule has 0 atom stereocenters. The highest BCUT2D eigenvalue weighted by molar-refractivity contribution is 6.18. The quantitative estimate of drug-likeness (QED) is 0.693. The molecule has 88 valence electrons. The molecule has 1 amide bonds. The van der Waals surface area contributed by atoms with Crippen LogP contribution in [0.3, 0.4) is 0 Å². The first-order chi connectivity index (χ1) is 6.95. The minimum absolute atomic E-state index is 0.0251. The minimum Gasteiger partial charge on any atom is -0.343 e. The van der Waals surface area contributed by atoms with E-state index in [1.54, 1.807) is 4.90 Å². The van der Waals surface area contributed by atoms with Crippen LogP contribution in [-0.2, 0) is 4.79 Å². The molecule has 0 aromatic carbocycles. The maximum absolute atomic E-state index is 13.0. The summed E-state index contributed by atoms with van der Waals surface area (Å²) in [7, 11) is 0. The van der Waals surface area contributed by atoms with Gasteiger partial charge in [-0.25, -0.2) is 8.78 Å². The first kappa shape index (κ1) is 12.7. The minimum atomic E-state index is -2.62. The van der Waals surface area contributed by atoms with Crippen molar-refractivity contribution in [2.75, 3.05) is 19.0 Å². The van der Waals surface area contributed by atoms with Crippen molar-refractivity contribution in [2.24, 2.45) is 5.92 Å². The molecule has 2 nitrogen and oxygen atoms in total. The van der Waals surface area contributed by atoms with E-state index in [4.69, 9.17) is 11.6 Å². The predicted molar refractivity (Wildman–Crippen MR) is 55.3 cm³/mol. The lowest BCUT2D eigenvalue weighted by molar-refractivity contribution is -0.135. The van der Waals surface area contributed by atoms with Crippen LogP contribution in [0.25, 0.3) is 0 Å². The van der Waals surface area contributed by atoms with Gasteiger partial charge in [-0.05, 0) is 19.8 Å². The second-order valence-electron chi connectivity index (χ2n) is 4.05. The van der Waals surface area contributed by atoms with Crippen LogP contribution in [0, 0.1) is 5.92 Å². The van der Waals surface area contributed by atoms with Crippen LogP contribution in [0.15, 0.2) is 0 Å². The number of likely N-dealkylation sites (tertiary alicyclic amines) is 1. The normalized spacial score (nSPS) is 19.3. The average Bonchev–Trinajstić information content (AvgIpc) is 2.17. The van der Waals surface area contributed by atoms with Crippen LogP contribution in [0.5, 0.6) is 0 Å². The van der Waals surface area contributed by atoms with E-state index in [2.05, 4.69) is 0 Å². The van der Waals surface area contributed by atoms with Crippen LogP contribution in [0.2, 0.25) is 0 Å². The topological polar surface area (TPSA) is 20.3 Å². The van der Waals surface area contributed by atoms with Crippen molar-refractivity contribution in [1.29, 1.82) is 0 Å². The molecule has 1 heterocycles. The highest BCUT2D eigenvalue weighted by Crippen LogP contribution is 2.32. The molecule has 0 bridgehead atoms. The van der Waals surface area contributed by atoms with Crippen LogP contribution in [0.1, 0.15) is 26.2 Å². The molecule has 1 rings (SSSR count). The van der Waals surface area contributed by atoms with Gasteiger partial charge in [-0.2, -0.15) is 0 Å². The van der Waals surface area contributed by atoms with Gasteiger partial charge in [0, 0.05) is 31.3 Å². The lowest BCUT2D eigenvalue weighted by Gasteiger charge is -2.34. The number of hydrogen-bond acceptors (Lipinski definition) is 1. The standard InChI is InChI=1S/C10H16ClF2NO/c1-10(12,13)8-3-6-14(7-4-8)9(15)2-5-11/h8H,2-7H2,1H3. The Morgan fingerprint density at radius 1 is 1.47 bits per heavy atom. The third kappa shape index (κ3) is 3.59. The molecule has 1 saturated heterocycles. The fourth-order valence-electron chi connectivity index (χ4n) is 1.87. The monoisotopic (exact) mass is 239 g/mol. The van der Waals surface area contributed by atoms with Gasteiger partial charge in [-0.15, -0.1) is 11.6 Å². The summed E-state index contributed by atoms with van der Waals surface area (Å²) in [6, 6.07) is 0. The summed E-state index contributed by atoms with van der Waals surface area (Å²) in [6.07, 6.45) is 1.07. The van der Waals surface area contributed by atoms with Gasteiger partial charge >= 0.3 is 0 Å². The van der Waals surface area contributed by atoms with Gasteiger partial charge in [0.15, 0.2) is 0 Å². The predicted octanol–water partition coefficient (Wildman–Crippen LogP) is 2.51. The number of carbonyl (C=O) groups excluding carboxylic acids is 1. The Morgan fingerprint density at radius 2 is 2.00 bits per heavy atom. The molecule has 15 heavy (non-hydrogen) atoms. The second-order valence-corrected chi connectivity index (χ2v) is 4.43. The fourth-order valence-corrected chi connectivity index (χ4v) is 2.04. The maximum atomic E-state index is 13.0. The Bertz CT molecular complexity index is 222. The van der Waals surface area contributed by atoms with Crippen LogP contribution < -0.4 is 0 Å². The number of hydrogen-bond donors (Lipinski definition) is 0. The number of halogens is 3. The maximum Gasteiger partial charge on any atom is 0.248 e. The van der Waals surface area contributed by atoms with Crippen molar-refractivity contribution in [1.82, 2.24) is 4.90 Å². The SMILES string of the molecule is CC(F)(F)C1CCN(C(=O)CCCl)CC1. The molecule has 0 spiro atoms. The van der Waals surface area contributed by atoms with Gasteiger partial charge in [0.25, 0.3) is 0 Å². The average molecular weight is 240 g/mol. The van der Waals surface area contributed by atoms with Crippen molar-refractivity contribution >= 4 is 17.5 Å². The second kappa shape index (κ2) is 5.10. The van der Waals surface area contributed by atoms with Gasteiger partial charge < -0.3 is 4.90 Å². The Labute approximate surface area is 93.6 Å². The third-order valence-corrected chi connectivity index (χ3v) is 3.06. The van der Waals surface area contributed by atoms with E-state index in [1.807, 2.05) is 0 Å². The van der Waals surface area contributed by atoms with E-state index in [-0.39, 0.29) is 5.91 Å². The molecule has 5 heteroatoms. The summed E-state index contributed by atoms with van der Waals surface area (Å²) in [5.74, 6) is -2.94. The van der Waals surface area contributed by atoms with E-state index < -0.39 is 11.8 Å². The number of amides is 1. The number of alkyl halides is 3. The summed E-state index contributed by atoms with van der Waals surface area (Å²) < 4.78 is 25.9. The number of carbonyl (C=O) groups is 1. The number of nitrogens with zero attached hydrogens (tertiary/aromatic N) is 1. The summed E-state index contributed by atoms with van der Waals surface area (Å²) in [6.45, 7) is 1.82. The third-order valence-electron chi connectivity index (χ3n) is 2.87. The lowest BCUT2D eigenvalue weighted by Crippen LogP contribution is -2.42. The van der Waals surface area contributed by atoms with E-state index >= 15 is 0 Å². The Balaban J connectivity index is 2.39. The Kier molecular flexibility index (Phi) is 4.32. The van der Waals surface area contributed by atoms with Gasteiger partial charge in [0.2, 0.25) is 11.8 Å². The van der Waals surface area contributed by atoms with E-state index in [9.17, 15) is 13.6 Å². The largest absolute Gasteiger partial charge is 0.343 e. The van der Waals surface area contributed by atoms with Crippen LogP contribution >= 0.6 is 11.6 Å². The van der Waals surface area contributed by atoms with Crippen molar-refractivity contribution < 1.29 is 13.6 Å². The molecule has 0 unspecified atom stereocenters. The zero-order valence-electron chi connectivity index (χ0n) is 8.81. The van der Waals surface area contributed by atoms with Crippen molar-refractivity contribution in [3.05, 3.63) is 0 Å². The molecular formula is C10H16ClF2NO. The Morgan fingerprint density at radius 3 is 2.40 bits per heavy atom. The number of rotatable bonds is 3. The molecule has 0 saturated carbocycles. The zero-order chi connectivity index (χ0) is 11.5. The molecule has 1 aliphatic heterocycles. The van der Waals surface area contributed by atoms with Gasteiger partial charge in [0.05, 0.1) is 0 Å². The lowest BCUT2D eigenvalue weighted by atomic mass is 9.91. The number of piperidine rings is 1. The zero-order valence-corrected chi connectivity index (χ0v) is 9.57. The highest BCUT2D eigenvalue weighted by Gasteiger charge is 2.36. The van der Waals surface area contributed by atoms with Crippen molar-refractivity contribution in [2.45, 2.75) is 32.1 Å². The summed E-state index contributed by atoms with van der Waals surface area (Å²) in [5, 5.41) is 0. The molecule has 1 aliphatic rings. The molecule has 0 radical (unpaired) electrons. The smallest absolute Gasteiger partial charge is 0.248 e. The van der Waals surface area contributed by atoms with Gasteiger partial charge in [-0.3, -0.25) is 4.79 Å². The van der Waals surface area contributed by atoms with E-state index in [0.717, 1.165) is 6.92 Å². The van der Waals surface area contributed by atoms with Crippen molar-refractivity contribution in [3.8, 4) is 0 Å². The molecule has 0 aromatic rings. The molecule has 0 aliphatic carbocycles. The molecular weight excluding hydrogens is 224 g/mol. The van der Waals surface area contributed by atoms with Crippen LogP contribution in [-0.4, -0.2) is 35.7 Å². The highest BCUT2D eigenvalue weighted by atomic mass is 35.5. The summed E-state index contributed by atoms with van der Waals surface area (Å²) >= 11 is 5.45. The molecule has 0 aromatic heterocycles. The van der Waals surface area contributed by atoms with Gasteiger partial charge in [-0.1, -0.05) is 0 Å². The van der Waals surface area contributed by atoms with Gasteiger partial charge in [0.1, 0.15) is 0 Å². The summed E-state index contributed by atoms with van der Waals surface area (Å²) in [5.41, 5.74) is 0. The fraction of sp³-hybridized carbons (Fsp3) is 0.900. The van der Waals surface area contributed by atoms with E-state index in [0.29, 0.717) is 38.2 Å². The van der Waals surface area contributed by atoms with E-state index in [1.165, 1.54) is 0 Å². The first-order valence-corrected chi connectivity index (χ1v) is 5.70.